The molecule has 0 radical (unpaired) electrons. The van der Waals surface area contributed by atoms with Crippen molar-refractivity contribution in [2.24, 2.45) is 0 Å². The SMILES string of the molecule is C=CCN(Cc1ccc(CNC2CC2)o1)C(C)C. The molecule has 0 aromatic carbocycles. The summed E-state index contributed by atoms with van der Waals surface area (Å²) < 4.78 is 5.85. The molecule has 0 spiro atoms. The smallest absolute Gasteiger partial charge is 0.118 e. The van der Waals surface area contributed by atoms with Crippen LogP contribution in [0.1, 0.15) is 38.2 Å². The Morgan fingerprint density at radius 3 is 2.78 bits per heavy atom. The monoisotopic (exact) mass is 248 g/mol. The molecule has 0 atom stereocenters. The van der Waals surface area contributed by atoms with Crippen molar-refractivity contribution in [3.63, 3.8) is 0 Å². The molecule has 1 aromatic heterocycles. The van der Waals surface area contributed by atoms with Crippen molar-refractivity contribution in [3.8, 4) is 0 Å². The van der Waals surface area contributed by atoms with E-state index >= 15 is 0 Å². The highest BCUT2D eigenvalue weighted by Crippen LogP contribution is 2.20. The second-order valence-corrected chi connectivity index (χ2v) is 5.34. The number of hydrogen-bond acceptors (Lipinski definition) is 3. The fraction of sp³-hybridized carbons (Fsp3) is 0.600. The van der Waals surface area contributed by atoms with Gasteiger partial charge in [0.25, 0.3) is 0 Å². The first-order valence-corrected chi connectivity index (χ1v) is 6.85. The maximum Gasteiger partial charge on any atom is 0.118 e. The van der Waals surface area contributed by atoms with Crippen LogP contribution in [0.25, 0.3) is 0 Å². The quantitative estimate of drug-likeness (QED) is 0.717. The summed E-state index contributed by atoms with van der Waals surface area (Å²) in [6.07, 6.45) is 4.57. The molecule has 0 unspecified atom stereocenters. The molecular formula is C15H24N2O. The zero-order valence-corrected chi connectivity index (χ0v) is 11.5. The fourth-order valence-corrected chi connectivity index (χ4v) is 1.96. The summed E-state index contributed by atoms with van der Waals surface area (Å²) in [6, 6.07) is 5.40. The zero-order valence-electron chi connectivity index (χ0n) is 11.5. The first-order chi connectivity index (χ1) is 8.69. The van der Waals surface area contributed by atoms with E-state index in [9.17, 15) is 0 Å². The average molecular weight is 248 g/mol. The van der Waals surface area contributed by atoms with E-state index in [1.807, 2.05) is 6.08 Å². The van der Waals surface area contributed by atoms with E-state index in [-0.39, 0.29) is 0 Å². The lowest BCUT2D eigenvalue weighted by molar-refractivity contribution is 0.216. The Morgan fingerprint density at radius 1 is 1.44 bits per heavy atom. The number of nitrogens with zero attached hydrogens (tertiary/aromatic N) is 1. The van der Waals surface area contributed by atoms with Crippen LogP contribution < -0.4 is 5.32 Å². The van der Waals surface area contributed by atoms with Gasteiger partial charge < -0.3 is 9.73 Å². The van der Waals surface area contributed by atoms with Gasteiger partial charge in [0.15, 0.2) is 0 Å². The van der Waals surface area contributed by atoms with E-state index in [2.05, 4.69) is 42.8 Å². The summed E-state index contributed by atoms with van der Waals surface area (Å²) in [7, 11) is 0. The molecule has 1 saturated carbocycles. The molecular weight excluding hydrogens is 224 g/mol. The lowest BCUT2D eigenvalue weighted by Crippen LogP contribution is -2.30. The van der Waals surface area contributed by atoms with Crippen LogP contribution in [0.2, 0.25) is 0 Å². The van der Waals surface area contributed by atoms with Crippen LogP contribution in [0, 0.1) is 0 Å². The number of furan rings is 1. The number of rotatable bonds is 8. The van der Waals surface area contributed by atoms with E-state index in [1.54, 1.807) is 0 Å². The minimum atomic E-state index is 0.501. The van der Waals surface area contributed by atoms with E-state index in [0.29, 0.717) is 6.04 Å². The van der Waals surface area contributed by atoms with Crippen LogP contribution in [0.4, 0.5) is 0 Å². The number of hydrogen-bond donors (Lipinski definition) is 1. The predicted molar refractivity (Wildman–Crippen MR) is 74.3 cm³/mol. The number of nitrogens with one attached hydrogen (secondary N) is 1. The standard InChI is InChI=1S/C15H24N2O/c1-4-9-17(12(2)3)11-15-8-7-14(18-15)10-16-13-5-6-13/h4,7-8,12-13,16H,1,5-6,9-11H2,2-3H3. The maximum atomic E-state index is 5.85. The van der Waals surface area contributed by atoms with E-state index in [1.165, 1.54) is 12.8 Å². The molecule has 3 nitrogen and oxygen atoms in total. The molecule has 0 saturated heterocycles. The van der Waals surface area contributed by atoms with Gasteiger partial charge in [0, 0.05) is 18.6 Å². The Balaban J connectivity index is 1.85. The Bertz CT molecular complexity index is 380. The predicted octanol–water partition coefficient (Wildman–Crippen LogP) is 2.93. The second kappa shape index (κ2) is 6.21. The van der Waals surface area contributed by atoms with Crippen molar-refractivity contribution < 1.29 is 4.42 Å². The van der Waals surface area contributed by atoms with Crippen molar-refractivity contribution in [2.45, 2.75) is 51.9 Å². The van der Waals surface area contributed by atoms with Crippen molar-refractivity contribution in [3.05, 3.63) is 36.3 Å². The lowest BCUT2D eigenvalue weighted by Gasteiger charge is -2.23. The van der Waals surface area contributed by atoms with E-state index in [4.69, 9.17) is 4.42 Å². The average Bonchev–Trinajstić information content (AvgIpc) is 3.06. The van der Waals surface area contributed by atoms with Gasteiger partial charge in [0.1, 0.15) is 11.5 Å². The van der Waals surface area contributed by atoms with Crippen LogP contribution in [-0.4, -0.2) is 23.5 Å². The molecule has 3 heteroatoms. The summed E-state index contributed by atoms with van der Waals surface area (Å²) in [4.78, 5) is 2.34. The topological polar surface area (TPSA) is 28.4 Å². The van der Waals surface area contributed by atoms with E-state index in [0.717, 1.165) is 37.2 Å². The van der Waals surface area contributed by atoms with Gasteiger partial charge in [-0.15, -0.1) is 6.58 Å². The minimum absolute atomic E-state index is 0.501. The van der Waals surface area contributed by atoms with Crippen molar-refractivity contribution in [1.29, 1.82) is 0 Å². The van der Waals surface area contributed by atoms with Crippen LogP contribution in [-0.2, 0) is 13.1 Å². The molecule has 1 N–H and O–H groups in total. The second-order valence-electron chi connectivity index (χ2n) is 5.34. The summed E-state index contributed by atoms with van der Waals surface area (Å²) in [5, 5.41) is 3.46. The third-order valence-corrected chi connectivity index (χ3v) is 3.31. The minimum Gasteiger partial charge on any atom is -0.463 e. The largest absolute Gasteiger partial charge is 0.463 e. The molecule has 1 aromatic rings. The van der Waals surface area contributed by atoms with Crippen molar-refractivity contribution in [1.82, 2.24) is 10.2 Å². The summed E-state index contributed by atoms with van der Waals surface area (Å²) >= 11 is 0. The summed E-state index contributed by atoms with van der Waals surface area (Å²) in [6.45, 7) is 10.8. The Labute approximate surface area is 110 Å². The Kier molecular flexibility index (Phi) is 4.61. The summed E-state index contributed by atoms with van der Waals surface area (Å²) in [5.74, 6) is 2.08. The van der Waals surface area contributed by atoms with Crippen LogP contribution in [0.5, 0.6) is 0 Å². The van der Waals surface area contributed by atoms with Gasteiger partial charge in [-0.3, -0.25) is 4.90 Å². The van der Waals surface area contributed by atoms with Crippen molar-refractivity contribution >= 4 is 0 Å². The van der Waals surface area contributed by atoms with Gasteiger partial charge in [-0.1, -0.05) is 6.08 Å². The van der Waals surface area contributed by atoms with Gasteiger partial charge in [-0.2, -0.15) is 0 Å². The normalized spacial score (nSPS) is 15.6. The molecule has 18 heavy (non-hydrogen) atoms. The van der Waals surface area contributed by atoms with Crippen molar-refractivity contribution in [2.75, 3.05) is 6.54 Å². The van der Waals surface area contributed by atoms with Crippen LogP contribution in [0.15, 0.2) is 29.2 Å². The first kappa shape index (κ1) is 13.4. The molecule has 0 bridgehead atoms. The highest BCUT2D eigenvalue weighted by atomic mass is 16.3. The molecule has 0 amide bonds. The van der Waals surface area contributed by atoms with Crippen LogP contribution >= 0.6 is 0 Å². The van der Waals surface area contributed by atoms with Crippen LogP contribution in [0.3, 0.4) is 0 Å². The zero-order chi connectivity index (χ0) is 13.0. The van der Waals surface area contributed by atoms with Gasteiger partial charge in [0.2, 0.25) is 0 Å². The highest BCUT2D eigenvalue weighted by molar-refractivity contribution is 5.08. The Hall–Kier alpha value is -1.06. The molecule has 0 aliphatic heterocycles. The Morgan fingerprint density at radius 2 is 2.17 bits per heavy atom. The van der Waals surface area contributed by atoms with Gasteiger partial charge in [0.05, 0.1) is 13.1 Å². The highest BCUT2D eigenvalue weighted by Gasteiger charge is 2.20. The molecule has 2 rings (SSSR count). The van der Waals surface area contributed by atoms with Gasteiger partial charge >= 0.3 is 0 Å². The molecule has 1 fully saturated rings. The fourth-order valence-electron chi connectivity index (χ4n) is 1.96. The van der Waals surface area contributed by atoms with Gasteiger partial charge in [-0.05, 0) is 38.8 Å². The molecule has 100 valence electrons. The van der Waals surface area contributed by atoms with E-state index < -0.39 is 0 Å². The maximum absolute atomic E-state index is 5.85. The molecule has 1 aliphatic rings. The molecule has 1 heterocycles. The van der Waals surface area contributed by atoms with Gasteiger partial charge in [-0.25, -0.2) is 0 Å². The summed E-state index contributed by atoms with van der Waals surface area (Å²) in [5.41, 5.74) is 0. The lowest BCUT2D eigenvalue weighted by atomic mass is 10.3. The first-order valence-electron chi connectivity index (χ1n) is 6.85. The molecule has 1 aliphatic carbocycles. The third kappa shape index (κ3) is 4.00. The third-order valence-electron chi connectivity index (χ3n) is 3.31.